The van der Waals surface area contributed by atoms with Crippen molar-refractivity contribution >= 4 is 0 Å². The molecule has 0 saturated heterocycles. The number of hydrogen-bond donors (Lipinski definition) is 0. The zero-order chi connectivity index (χ0) is 14.2. The maximum absolute atomic E-state index is 8.49. The van der Waals surface area contributed by atoms with E-state index >= 15 is 0 Å². The molecular formula is C5H9Cl2NNiO8. The van der Waals surface area contributed by atoms with Gasteiger partial charge in [-0.15, -0.1) is 20.5 Å². The Labute approximate surface area is 112 Å². The fourth-order valence-corrected chi connectivity index (χ4v) is 0. The van der Waals surface area contributed by atoms with Gasteiger partial charge in [-0.25, -0.2) is 43.8 Å². The molecular weight excluding hydrogens is 332 g/mol. The summed E-state index contributed by atoms with van der Waals surface area (Å²) in [4.78, 5) is 3.27. The molecule has 0 aromatic rings. The molecule has 106 valence electrons. The Balaban J connectivity index is -0.0000000729. The van der Waals surface area contributed by atoms with Crippen molar-refractivity contribution in [2.24, 2.45) is 0 Å². The SMILES string of the molecule is [C-]#[N+]C(C)(C)C.[Ni+2].[O-][Cl+3]([O-])([O-])[O-].[O-][Cl+3]([O-])([O-])[O-]. The Morgan fingerprint density at radius 3 is 0.824 bits per heavy atom. The van der Waals surface area contributed by atoms with Gasteiger partial charge >= 0.3 is 16.5 Å². The summed E-state index contributed by atoms with van der Waals surface area (Å²) in [5, 5.41) is 0. The molecule has 17 heavy (non-hydrogen) atoms. The minimum Gasteiger partial charge on any atom is -0.311 e. The van der Waals surface area contributed by atoms with Gasteiger partial charge < -0.3 is 4.85 Å². The van der Waals surface area contributed by atoms with Crippen LogP contribution in [0, 0.1) is 27.1 Å². The third-order valence-corrected chi connectivity index (χ3v) is 0.335. The van der Waals surface area contributed by atoms with Gasteiger partial charge in [0.15, 0.2) is 0 Å². The van der Waals surface area contributed by atoms with E-state index in [-0.39, 0.29) is 22.0 Å². The number of halogens is 2. The summed E-state index contributed by atoms with van der Waals surface area (Å²) in [5.74, 6) is 0. The monoisotopic (exact) mass is 339 g/mol. The zero-order valence-corrected chi connectivity index (χ0v) is 11.3. The normalized spacial score (nSPS) is 10.7. The van der Waals surface area contributed by atoms with Crippen molar-refractivity contribution < 1.29 is 74.2 Å². The van der Waals surface area contributed by atoms with Gasteiger partial charge in [0.1, 0.15) is 0 Å². The van der Waals surface area contributed by atoms with E-state index < -0.39 is 20.5 Å². The van der Waals surface area contributed by atoms with Crippen molar-refractivity contribution in [3.05, 3.63) is 11.4 Å². The molecule has 0 heterocycles. The summed E-state index contributed by atoms with van der Waals surface area (Å²) in [5.41, 5.74) is -0.167. The minimum absolute atomic E-state index is 0. The molecule has 0 N–H and O–H groups in total. The van der Waals surface area contributed by atoms with Crippen LogP contribution in [0.3, 0.4) is 0 Å². The molecule has 0 unspecified atom stereocenters. The average molecular weight is 341 g/mol. The summed E-state index contributed by atoms with van der Waals surface area (Å²) >= 11 is 0. The van der Waals surface area contributed by atoms with Crippen LogP contribution >= 0.6 is 0 Å². The topological polar surface area (TPSA) is 189 Å². The summed E-state index contributed by atoms with van der Waals surface area (Å²) in [6.07, 6.45) is 0. The van der Waals surface area contributed by atoms with Crippen LogP contribution in [0.2, 0.25) is 0 Å². The Bertz CT molecular complexity index is 190. The van der Waals surface area contributed by atoms with Gasteiger partial charge in [-0.05, 0) is 0 Å². The standard InChI is InChI=1S/C5H9N.2ClHO4.Ni/c1-5(2,3)6-4;2*2-1(3,4)5;/h1-3H3;2*(H,2,3,4,5);/q;;;+2/p-2. The van der Waals surface area contributed by atoms with Gasteiger partial charge in [-0.3, -0.25) is 0 Å². The Morgan fingerprint density at radius 1 is 0.765 bits per heavy atom. The van der Waals surface area contributed by atoms with E-state index in [0.717, 1.165) is 0 Å². The number of hydrogen-bond acceptors (Lipinski definition) is 8. The average Bonchev–Trinajstić information content (AvgIpc) is 1.77. The molecule has 0 aliphatic carbocycles. The van der Waals surface area contributed by atoms with Crippen LogP contribution in [0.1, 0.15) is 20.8 Å². The van der Waals surface area contributed by atoms with Gasteiger partial charge in [-0.2, -0.15) is 0 Å². The van der Waals surface area contributed by atoms with E-state index in [0.29, 0.717) is 0 Å². The largest absolute Gasteiger partial charge is 2.00 e. The molecule has 0 rings (SSSR count). The molecule has 0 spiro atoms. The van der Waals surface area contributed by atoms with E-state index in [9.17, 15) is 0 Å². The molecule has 0 bridgehead atoms. The predicted octanol–water partition coefficient (Wildman–Crippen LogP) is -7.81. The van der Waals surface area contributed by atoms with E-state index in [1.165, 1.54) is 0 Å². The molecule has 0 aromatic carbocycles. The first-order valence-corrected chi connectivity index (χ1v) is 5.65. The first-order chi connectivity index (χ1) is 6.56. The van der Waals surface area contributed by atoms with Crippen LogP contribution in [0.4, 0.5) is 0 Å². The molecule has 0 atom stereocenters. The molecule has 9 nitrogen and oxygen atoms in total. The van der Waals surface area contributed by atoms with Crippen molar-refractivity contribution in [2.45, 2.75) is 26.3 Å². The second kappa shape index (κ2) is 10.2. The summed E-state index contributed by atoms with van der Waals surface area (Å²) in [6.45, 7) is 12.1. The van der Waals surface area contributed by atoms with Crippen LogP contribution in [0.5, 0.6) is 0 Å². The van der Waals surface area contributed by atoms with Gasteiger partial charge in [-0.1, -0.05) is 0 Å². The van der Waals surface area contributed by atoms with Crippen molar-refractivity contribution in [3.63, 3.8) is 0 Å². The second-order valence-corrected chi connectivity index (χ2v) is 4.55. The van der Waals surface area contributed by atoms with E-state index in [2.05, 4.69) is 4.85 Å². The van der Waals surface area contributed by atoms with E-state index in [4.69, 9.17) is 43.8 Å². The number of rotatable bonds is 0. The number of nitrogens with zero attached hydrogens (tertiary/aromatic N) is 1. The van der Waals surface area contributed by atoms with E-state index in [1.807, 2.05) is 20.8 Å². The quantitative estimate of drug-likeness (QED) is 0.306. The maximum Gasteiger partial charge on any atom is 2.00 e. The molecule has 0 saturated carbocycles. The Morgan fingerprint density at radius 2 is 0.824 bits per heavy atom. The molecule has 0 fully saturated rings. The minimum atomic E-state index is -4.94. The predicted molar refractivity (Wildman–Crippen MR) is 26.4 cm³/mol. The van der Waals surface area contributed by atoms with Crippen LogP contribution in [-0.2, 0) is 16.5 Å². The maximum atomic E-state index is 8.49. The third kappa shape index (κ3) is 313. The van der Waals surface area contributed by atoms with Crippen molar-refractivity contribution in [3.8, 4) is 0 Å². The fourth-order valence-electron chi connectivity index (χ4n) is 0. The molecule has 0 aliphatic heterocycles. The Kier molecular flexibility index (Phi) is 15.6. The van der Waals surface area contributed by atoms with Gasteiger partial charge in [0.2, 0.25) is 5.54 Å². The van der Waals surface area contributed by atoms with Crippen LogP contribution in [0.25, 0.3) is 4.85 Å². The molecule has 0 amide bonds. The molecule has 0 aromatic heterocycles. The van der Waals surface area contributed by atoms with Gasteiger partial charge in [0.05, 0.1) is 0 Å². The first-order valence-electron chi connectivity index (χ1n) is 3.18. The molecule has 0 radical (unpaired) electrons. The summed E-state index contributed by atoms with van der Waals surface area (Å²) in [7, 11) is -9.89. The van der Waals surface area contributed by atoms with Crippen LogP contribution in [-0.4, -0.2) is 5.54 Å². The van der Waals surface area contributed by atoms with E-state index in [1.54, 1.807) is 0 Å². The smallest absolute Gasteiger partial charge is 0.311 e. The van der Waals surface area contributed by atoms with Gasteiger partial charge in [0, 0.05) is 20.8 Å². The molecule has 12 heteroatoms. The van der Waals surface area contributed by atoms with Crippen LogP contribution in [0.15, 0.2) is 0 Å². The summed E-state index contributed by atoms with van der Waals surface area (Å²) < 4.78 is 67.9. The van der Waals surface area contributed by atoms with Gasteiger partial charge in [0.25, 0.3) is 0 Å². The first kappa shape index (κ1) is 25.9. The van der Waals surface area contributed by atoms with Crippen molar-refractivity contribution in [2.75, 3.05) is 0 Å². The van der Waals surface area contributed by atoms with Crippen LogP contribution < -0.4 is 37.3 Å². The fraction of sp³-hybridized carbons (Fsp3) is 0.800. The third-order valence-electron chi connectivity index (χ3n) is 0.335. The summed E-state index contributed by atoms with van der Waals surface area (Å²) in [6, 6.07) is 0. The van der Waals surface area contributed by atoms with Crippen molar-refractivity contribution in [1.29, 1.82) is 0 Å². The zero-order valence-electron chi connectivity index (χ0n) is 8.79. The van der Waals surface area contributed by atoms with Crippen molar-refractivity contribution in [1.82, 2.24) is 0 Å². The Hall–Kier alpha value is 0.244. The second-order valence-electron chi connectivity index (χ2n) is 3.04. The molecule has 0 aliphatic rings.